The Morgan fingerprint density at radius 3 is 1.38 bits per heavy atom. The Morgan fingerprint density at radius 1 is 0.750 bits per heavy atom. The molecule has 0 saturated heterocycles. The minimum Gasteiger partial charge on any atom is -0.398 e. The predicted octanol–water partition coefficient (Wildman–Crippen LogP) is 3.00. The number of hydrogen-bond acceptors (Lipinski definition) is 7. The van der Waals surface area contributed by atoms with Crippen molar-refractivity contribution >= 4 is 7.32 Å². The van der Waals surface area contributed by atoms with E-state index >= 15 is 0 Å². The first-order valence-electron chi connectivity index (χ1n) is 5.96. The summed E-state index contributed by atoms with van der Waals surface area (Å²) >= 11 is 0. The van der Waals surface area contributed by atoms with Crippen molar-refractivity contribution in [1.82, 2.24) is 0 Å². The molecule has 0 saturated carbocycles. The third-order valence-corrected chi connectivity index (χ3v) is 1.84. The summed E-state index contributed by atoms with van der Waals surface area (Å²) in [6.07, 6.45) is -19.7. The number of hydrogen-bond donors (Lipinski definition) is 1. The van der Waals surface area contributed by atoms with Crippen LogP contribution in [0, 0.1) is 0 Å². The second-order valence-corrected chi connectivity index (χ2v) is 3.96. The standard InChI is InChI=1S/C8H11BF8O7/c10-5(1-3-7(12,13)14)19-23-21-9(18)22-24-20-6(11)2-4-8(15,16)17/h5-6,18H,1-4H2. The zero-order chi connectivity index (χ0) is 18.8. The maximum atomic E-state index is 12.7. The molecule has 0 aliphatic heterocycles. The molecule has 1 N–H and O–H groups in total. The molecule has 144 valence electrons. The number of alkyl halides is 8. The Morgan fingerprint density at radius 2 is 1.08 bits per heavy atom. The lowest BCUT2D eigenvalue weighted by molar-refractivity contribution is -0.542. The van der Waals surface area contributed by atoms with Crippen LogP contribution < -0.4 is 0 Å². The first kappa shape index (κ1) is 23.2. The summed E-state index contributed by atoms with van der Waals surface area (Å²) in [5.41, 5.74) is 0. The molecule has 0 spiro atoms. The molecule has 0 aromatic heterocycles. The van der Waals surface area contributed by atoms with E-state index < -0.39 is 58.1 Å². The van der Waals surface area contributed by atoms with Crippen LogP contribution in [0.1, 0.15) is 25.7 Å². The van der Waals surface area contributed by atoms with E-state index in [1.165, 1.54) is 0 Å². The third kappa shape index (κ3) is 16.1. The second kappa shape index (κ2) is 11.0. The van der Waals surface area contributed by atoms with Gasteiger partial charge in [-0.2, -0.15) is 45.7 Å². The van der Waals surface area contributed by atoms with Crippen molar-refractivity contribution in [3.63, 3.8) is 0 Å². The van der Waals surface area contributed by atoms with Crippen LogP contribution in [0.3, 0.4) is 0 Å². The largest absolute Gasteiger partial charge is 0.698 e. The van der Waals surface area contributed by atoms with Crippen molar-refractivity contribution in [2.75, 3.05) is 0 Å². The summed E-state index contributed by atoms with van der Waals surface area (Å²) in [5.74, 6) is 0. The summed E-state index contributed by atoms with van der Waals surface area (Å²) in [6.45, 7) is 0. The SMILES string of the molecule is OB(OOOC(F)CCC(F)(F)F)OOOC(F)CCC(F)(F)F. The highest BCUT2D eigenvalue weighted by atomic mass is 19.4. The molecular formula is C8H11BF8O7. The molecule has 2 unspecified atom stereocenters. The van der Waals surface area contributed by atoms with E-state index in [-0.39, 0.29) is 0 Å². The Hall–Kier alpha value is -0.775. The van der Waals surface area contributed by atoms with Gasteiger partial charge in [0.05, 0.1) is 0 Å². The zero-order valence-corrected chi connectivity index (χ0v) is 11.5. The fourth-order valence-corrected chi connectivity index (χ4v) is 0.864. The quantitative estimate of drug-likeness (QED) is 0.241. The van der Waals surface area contributed by atoms with E-state index in [2.05, 4.69) is 29.5 Å². The highest BCUT2D eigenvalue weighted by molar-refractivity contribution is 6.33. The maximum absolute atomic E-state index is 12.7. The lowest BCUT2D eigenvalue weighted by Gasteiger charge is -2.11. The highest BCUT2D eigenvalue weighted by Gasteiger charge is 2.30. The van der Waals surface area contributed by atoms with Crippen molar-refractivity contribution < 1.29 is 69.6 Å². The Balaban J connectivity index is 3.64. The molecule has 0 heterocycles. The molecule has 0 amide bonds. The zero-order valence-electron chi connectivity index (χ0n) is 11.5. The maximum Gasteiger partial charge on any atom is 0.698 e. The van der Waals surface area contributed by atoms with Gasteiger partial charge in [-0.1, -0.05) is 10.1 Å². The number of rotatable bonds is 12. The fraction of sp³-hybridized carbons (Fsp3) is 1.00. The van der Waals surface area contributed by atoms with Crippen LogP contribution in [0.4, 0.5) is 35.1 Å². The van der Waals surface area contributed by atoms with Gasteiger partial charge in [0.15, 0.2) is 0 Å². The Bertz CT molecular complexity index is 301. The molecule has 0 rings (SSSR count). The van der Waals surface area contributed by atoms with Gasteiger partial charge in [0.25, 0.3) is 0 Å². The topological polar surface area (TPSA) is 75.6 Å². The Kier molecular flexibility index (Phi) is 10.6. The van der Waals surface area contributed by atoms with Crippen molar-refractivity contribution in [2.45, 2.75) is 50.8 Å². The molecular weight excluding hydrogens is 371 g/mol. The van der Waals surface area contributed by atoms with Gasteiger partial charge in [0.1, 0.15) is 0 Å². The normalized spacial score (nSPS) is 15.4. The first-order valence-corrected chi connectivity index (χ1v) is 5.96. The molecule has 0 aliphatic carbocycles. The number of halogens is 8. The van der Waals surface area contributed by atoms with Crippen LogP contribution >= 0.6 is 0 Å². The van der Waals surface area contributed by atoms with Crippen LogP contribution in [0.2, 0.25) is 0 Å². The van der Waals surface area contributed by atoms with Gasteiger partial charge in [-0.25, -0.2) is 8.78 Å². The van der Waals surface area contributed by atoms with Gasteiger partial charge in [-0.3, -0.25) is 0 Å². The van der Waals surface area contributed by atoms with Crippen LogP contribution in [0.5, 0.6) is 0 Å². The molecule has 24 heavy (non-hydrogen) atoms. The van der Waals surface area contributed by atoms with Crippen molar-refractivity contribution in [1.29, 1.82) is 0 Å². The van der Waals surface area contributed by atoms with Gasteiger partial charge >= 0.3 is 19.7 Å². The van der Waals surface area contributed by atoms with E-state index in [4.69, 9.17) is 5.02 Å². The molecule has 7 nitrogen and oxygen atoms in total. The van der Waals surface area contributed by atoms with E-state index in [9.17, 15) is 35.1 Å². The predicted molar refractivity (Wildman–Crippen MR) is 54.9 cm³/mol. The van der Waals surface area contributed by atoms with Crippen molar-refractivity contribution in [2.24, 2.45) is 0 Å². The van der Waals surface area contributed by atoms with Gasteiger partial charge < -0.3 is 5.02 Å². The first-order chi connectivity index (χ1) is 10.9. The molecule has 0 fully saturated rings. The minimum absolute atomic E-state index is 1.13. The van der Waals surface area contributed by atoms with E-state index in [0.29, 0.717) is 0 Å². The van der Waals surface area contributed by atoms with Crippen molar-refractivity contribution in [3.8, 4) is 0 Å². The lowest BCUT2D eigenvalue weighted by Crippen LogP contribution is -2.25. The molecule has 0 aromatic rings. The summed E-state index contributed by atoms with van der Waals surface area (Å²) in [7, 11) is -2.55. The molecule has 16 heteroatoms. The van der Waals surface area contributed by atoms with Gasteiger partial charge in [0, 0.05) is 25.7 Å². The monoisotopic (exact) mass is 382 g/mol. The molecule has 2 atom stereocenters. The van der Waals surface area contributed by atoms with Crippen LogP contribution in [-0.2, 0) is 29.5 Å². The van der Waals surface area contributed by atoms with E-state index in [1.807, 2.05) is 0 Å². The van der Waals surface area contributed by atoms with Crippen LogP contribution in [-0.4, -0.2) is 37.4 Å². The van der Waals surface area contributed by atoms with E-state index in [1.54, 1.807) is 0 Å². The lowest BCUT2D eigenvalue weighted by atomic mass is 10.3. The summed E-state index contributed by atoms with van der Waals surface area (Å²) < 4.78 is 95.6. The average molecular weight is 382 g/mol. The molecule has 0 aliphatic rings. The van der Waals surface area contributed by atoms with Crippen molar-refractivity contribution in [3.05, 3.63) is 0 Å². The highest BCUT2D eigenvalue weighted by Crippen LogP contribution is 2.24. The fourth-order valence-electron chi connectivity index (χ4n) is 0.864. The smallest absolute Gasteiger partial charge is 0.398 e. The van der Waals surface area contributed by atoms with Gasteiger partial charge in [-0.05, 0) is 0 Å². The summed E-state index contributed by atoms with van der Waals surface area (Å²) in [4.78, 5) is 14.4. The Labute approximate surface area is 129 Å². The third-order valence-electron chi connectivity index (χ3n) is 1.84. The van der Waals surface area contributed by atoms with Crippen LogP contribution in [0.15, 0.2) is 0 Å². The van der Waals surface area contributed by atoms with Gasteiger partial charge in [-0.15, -0.1) is 0 Å². The molecule has 0 radical (unpaired) electrons. The average Bonchev–Trinajstić information content (AvgIpc) is 2.41. The summed E-state index contributed by atoms with van der Waals surface area (Å²) in [6, 6.07) is 0. The molecule has 0 bridgehead atoms. The van der Waals surface area contributed by atoms with Gasteiger partial charge in [0.2, 0.25) is 12.7 Å². The van der Waals surface area contributed by atoms with E-state index in [0.717, 1.165) is 0 Å². The molecule has 0 aromatic carbocycles. The van der Waals surface area contributed by atoms with Crippen LogP contribution in [0.25, 0.3) is 0 Å². The minimum atomic E-state index is -4.63. The summed E-state index contributed by atoms with van der Waals surface area (Å²) in [5, 5.41) is 15.7. The second-order valence-electron chi connectivity index (χ2n) is 3.96.